The van der Waals surface area contributed by atoms with E-state index in [0.717, 1.165) is 0 Å². The van der Waals surface area contributed by atoms with Gasteiger partial charge < -0.3 is 0 Å². The SMILES string of the molecule is CP(C)C.C[Si](C)(C)[CH-]P(C)(C)(C)Cl.[Au+]. The molecule has 0 radical (unpaired) electrons. The normalized spacial score (nSPS) is 14.5. The molecule has 0 atom stereocenters. The molecule has 0 saturated heterocycles. The van der Waals surface area contributed by atoms with Crippen LogP contribution in [-0.4, -0.2) is 48.1 Å². The van der Waals surface area contributed by atoms with Crippen molar-refractivity contribution in [2.45, 2.75) is 19.6 Å². The third-order valence-electron chi connectivity index (χ3n) is 0.823. The molecule has 0 aliphatic heterocycles. The summed E-state index contributed by atoms with van der Waals surface area (Å²) in [6.07, 6.45) is 0. The van der Waals surface area contributed by atoms with Crippen molar-refractivity contribution in [3.05, 3.63) is 5.79 Å². The van der Waals surface area contributed by atoms with E-state index in [9.17, 15) is 0 Å². The van der Waals surface area contributed by atoms with Crippen LogP contribution in [0.5, 0.6) is 0 Å². The topological polar surface area (TPSA) is 0 Å². The Hall–Kier alpha value is 2.11. The molecule has 0 aliphatic carbocycles. The predicted molar refractivity (Wildman–Crippen MR) is 82.9 cm³/mol. The molecule has 0 amide bonds. The third-order valence-corrected chi connectivity index (χ3v) is 8.29. The van der Waals surface area contributed by atoms with E-state index in [4.69, 9.17) is 11.2 Å². The summed E-state index contributed by atoms with van der Waals surface area (Å²) in [5.41, 5.74) is 0. The quantitative estimate of drug-likeness (QED) is 0.303. The molecule has 0 fully saturated rings. The molecule has 0 N–H and O–H groups in total. The molecule has 0 aliphatic rings. The Bertz CT molecular complexity index is 158. The van der Waals surface area contributed by atoms with Crippen LogP contribution >= 0.6 is 25.1 Å². The van der Waals surface area contributed by atoms with Gasteiger partial charge in [-0.1, -0.05) is 0 Å². The largest absolute Gasteiger partial charge is 1.00 e. The number of hydrogen-bond donors (Lipinski definition) is 0. The predicted octanol–water partition coefficient (Wildman–Crippen LogP) is 4.98. The maximum Gasteiger partial charge on any atom is 1.00 e. The van der Waals surface area contributed by atoms with Crippen LogP contribution in [0.1, 0.15) is 0 Å². The van der Waals surface area contributed by atoms with Gasteiger partial charge in [-0.3, -0.25) is 0 Å². The van der Waals surface area contributed by atoms with E-state index in [1.54, 1.807) is 0 Å². The summed E-state index contributed by atoms with van der Waals surface area (Å²) >= 11 is 6.38. The first kappa shape index (κ1) is 22.3. The molecule has 5 heteroatoms. The molecule has 0 spiro atoms. The molecule has 0 rings (SSSR count). The summed E-state index contributed by atoms with van der Waals surface area (Å²) in [7, 11) is -0.684. The van der Waals surface area contributed by atoms with Gasteiger partial charge in [0, 0.05) is 0 Å². The first-order valence-electron chi connectivity index (χ1n) is 4.90. The van der Waals surface area contributed by atoms with Gasteiger partial charge in [0.25, 0.3) is 0 Å². The van der Waals surface area contributed by atoms with Crippen LogP contribution in [0.2, 0.25) is 19.6 Å². The Morgan fingerprint density at radius 3 is 1.20 bits per heavy atom. The van der Waals surface area contributed by atoms with Crippen molar-refractivity contribution >= 4 is 33.2 Å². The van der Waals surface area contributed by atoms with Gasteiger partial charge in [-0.05, 0) is 20.0 Å². The summed E-state index contributed by atoms with van der Waals surface area (Å²) in [5.74, 6) is 0.593. The Balaban J connectivity index is -0.000000249. The van der Waals surface area contributed by atoms with Crippen molar-refractivity contribution in [2.24, 2.45) is 0 Å². The second-order valence-corrected chi connectivity index (χ2v) is 24.1. The molecular formula is C10H28AuClP2Si. The van der Waals surface area contributed by atoms with Crippen molar-refractivity contribution < 1.29 is 22.4 Å². The summed E-state index contributed by atoms with van der Waals surface area (Å²) in [6.45, 7) is 20.2. The van der Waals surface area contributed by atoms with Crippen LogP contribution in [-0.2, 0) is 22.4 Å². The van der Waals surface area contributed by atoms with E-state index in [2.05, 4.69) is 65.4 Å². The van der Waals surface area contributed by atoms with Crippen LogP contribution < -0.4 is 0 Å². The van der Waals surface area contributed by atoms with Gasteiger partial charge in [0.1, 0.15) is 0 Å². The Morgan fingerprint density at radius 2 is 1.20 bits per heavy atom. The zero-order chi connectivity index (χ0) is 12.2. The molecule has 100 valence electrons. The minimum Gasteiger partial charge on any atom is 1.00 e. The van der Waals surface area contributed by atoms with Crippen molar-refractivity contribution in [1.82, 2.24) is 0 Å². The minimum atomic E-state index is -1.84. The molecule has 0 aromatic rings. The van der Waals surface area contributed by atoms with Gasteiger partial charge in [-0.15, -0.1) is 7.92 Å². The molecular weight excluding hydrogens is 443 g/mol. The standard InChI is InChI=1S/C7H19ClPSi.C3H9P.Au/c1-9(2,3,8)7-10(4,5)6;1-4(2)3;/h7H,1-6H3;1-3H3;/q-1;;+1. The molecule has 0 saturated carbocycles. The summed E-state index contributed by atoms with van der Waals surface area (Å²) in [4.78, 5) is 0. The minimum absolute atomic E-state index is 0. The van der Waals surface area contributed by atoms with Gasteiger partial charge in [0.2, 0.25) is 0 Å². The van der Waals surface area contributed by atoms with E-state index in [1.165, 1.54) is 0 Å². The molecule has 0 aromatic carbocycles. The average Bonchev–Trinajstić information content (AvgIpc) is 1.43. The fourth-order valence-electron chi connectivity index (χ4n) is 1.31. The molecule has 0 aromatic heterocycles. The van der Waals surface area contributed by atoms with Crippen LogP contribution in [0.3, 0.4) is 0 Å². The van der Waals surface area contributed by atoms with Gasteiger partial charge in [-0.2, -0.15) is 0 Å². The summed E-state index contributed by atoms with van der Waals surface area (Å²) in [5, 5.41) is 0. The Kier molecular flexibility index (Phi) is 11.2. The number of rotatable bonds is 2. The molecule has 0 nitrogen and oxygen atoms in total. The van der Waals surface area contributed by atoms with Crippen molar-refractivity contribution in [1.29, 1.82) is 0 Å². The van der Waals surface area contributed by atoms with Gasteiger partial charge >= 0.3 is 93.1 Å². The Morgan fingerprint density at radius 1 is 1.00 bits per heavy atom. The van der Waals surface area contributed by atoms with Crippen LogP contribution in [0.25, 0.3) is 0 Å². The molecule has 15 heavy (non-hydrogen) atoms. The zero-order valence-electron chi connectivity index (χ0n) is 11.7. The van der Waals surface area contributed by atoms with Gasteiger partial charge in [0.05, 0.1) is 0 Å². The first-order chi connectivity index (χ1) is 5.69. The fourth-order valence-corrected chi connectivity index (χ4v) is 14.4. The van der Waals surface area contributed by atoms with E-state index < -0.39 is 14.0 Å². The van der Waals surface area contributed by atoms with Crippen LogP contribution in [0.4, 0.5) is 0 Å². The van der Waals surface area contributed by atoms with E-state index in [-0.39, 0.29) is 22.4 Å². The van der Waals surface area contributed by atoms with Crippen LogP contribution in [0, 0.1) is 5.79 Å². The molecule has 0 heterocycles. The Labute approximate surface area is 120 Å². The first-order valence-corrected chi connectivity index (χ1v) is 15.7. The van der Waals surface area contributed by atoms with E-state index >= 15 is 0 Å². The monoisotopic (exact) mass is 470 g/mol. The molecule has 0 unspecified atom stereocenters. The van der Waals surface area contributed by atoms with E-state index in [1.807, 2.05) is 0 Å². The second-order valence-electron chi connectivity index (χ2n) is 6.56. The maximum atomic E-state index is 6.38. The van der Waals surface area contributed by atoms with Gasteiger partial charge in [-0.25, -0.2) is 0 Å². The van der Waals surface area contributed by atoms with Crippen molar-refractivity contribution in [3.8, 4) is 0 Å². The average molecular weight is 471 g/mol. The fraction of sp³-hybridized carbons (Fsp3) is 0.900. The number of hydrogen-bond acceptors (Lipinski definition) is 0. The summed E-state index contributed by atoms with van der Waals surface area (Å²) in [6, 6.07) is 0. The van der Waals surface area contributed by atoms with Crippen molar-refractivity contribution in [2.75, 3.05) is 40.0 Å². The zero-order valence-corrected chi connectivity index (χ0v) is 17.4. The maximum absolute atomic E-state index is 6.38. The molecule has 0 bridgehead atoms. The van der Waals surface area contributed by atoms with Crippen molar-refractivity contribution in [3.63, 3.8) is 0 Å². The van der Waals surface area contributed by atoms with Crippen LogP contribution in [0.15, 0.2) is 0 Å². The summed E-state index contributed by atoms with van der Waals surface area (Å²) < 4.78 is 0. The third kappa shape index (κ3) is 38.6. The second kappa shape index (κ2) is 7.52. The smallest absolute Gasteiger partial charge is 1.00 e. The van der Waals surface area contributed by atoms with E-state index in [0.29, 0.717) is 7.92 Å². The van der Waals surface area contributed by atoms with Gasteiger partial charge in [0.15, 0.2) is 0 Å². The number of halogens is 1.